The van der Waals surface area contributed by atoms with Gasteiger partial charge in [0.05, 0.1) is 0 Å². The minimum absolute atomic E-state index is 0.0725. The molecular formula is C15H18N2O. The summed E-state index contributed by atoms with van der Waals surface area (Å²) in [5, 5.41) is 0. The van der Waals surface area contributed by atoms with E-state index in [0.717, 1.165) is 17.7 Å². The molecule has 1 aromatic carbocycles. The van der Waals surface area contributed by atoms with E-state index in [-0.39, 0.29) is 5.56 Å². The van der Waals surface area contributed by atoms with E-state index in [2.05, 4.69) is 23.8 Å². The normalized spacial score (nSPS) is 12.3. The van der Waals surface area contributed by atoms with E-state index >= 15 is 0 Å². The fraction of sp³-hybridized carbons (Fsp3) is 0.333. The summed E-state index contributed by atoms with van der Waals surface area (Å²) in [7, 11) is 0. The van der Waals surface area contributed by atoms with Gasteiger partial charge >= 0.3 is 0 Å². The zero-order valence-corrected chi connectivity index (χ0v) is 10.8. The van der Waals surface area contributed by atoms with Crippen LogP contribution in [0.15, 0.2) is 41.3 Å². The number of hydrogen-bond acceptors (Lipinski definition) is 2. The van der Waals surface area contributed by atoms with Gasteiger partial charge in [-0.1, -0.05) is 44.2 Å². The molecule has 3 heteroatoms. The Morgan fingerprint density at radius 2 is 2.00 bits per heavy atom. The second kappa shape index (κ2) is 5.63. The molecule has 0 radical (unpaired) electrons. The Hall–Kier alpha value is -1.90. The summed E-state index contributed by atoms with van der Waals surface area (Å²) in [6.45, 7) is 4.19. The topological polar surface area (TPSA) is 45.8 Å². The van der Waals surface area contributed by atoms with E-state index in [1.165, 1.54) is 0 Å². The fourth-order valence-electron chi connectivity index (χ4n) is 1.83. The zero-order chi connectivity index (χ0) is 13.0. The number of nitrogens with zero attached hydrogens (tertiary/aromatic N) is 1. The summed E-state index contributed by atoms with van der Waals surface area (Å²) in [4.78, 5) is 19.2. The number of H-pyrrole nitrogens is 1. The summed E-state index contributed by atoms with van der Waals surface area (Å²) in [5.74, 6) is 0.343. The third kappa shape index (κ3) is 2.86. The number of benzene rings is 1. The van der Waals surface area contributed by atoms with Gasteiger partial charge in [-0.15, -0.1) is 0 Å². The molecule has 0 amide bonds. The van der Waals surface area contributed by atoms with Gasteiger partial charge in [0.15, 0.2) is 0 Å². The third-order valence-corrected chi connectivity index (χ3v) is 3.24. The Bertz CT molecular complexity index is 560. The third-order valence-electron chi connectivity index (χ3n) is 3.24. The molecule has 0 aliphatic heterocycles. The van der Waals surface area contributed by atoms with Crippen LogP contribution in [0.5, 0.6) is 0 Å². The number of aromatic nitrogens is 2. The molecule has 2 rings (SSSR count). The number of rotatable bonds is 4. The second-order valence-electron chi connectivity index (χ2n) is 4.59. The van der Waals surface area contributed by atoms with Crippen molar-refractivity contribution in [3.05, 3.63) is 63.8 Å². The van der Waals surface area contributed by atoms with Crippen molar-refractivity contribution >= 4 is 0 Å². The first-order chi connectivity index (χ1) is 8.70. The van der Waals surface area contributed by atoms with Crippen molar-refractivity contribution in [2.24, 2.45) is 0 Å². The molecule has 0 spiro atoms. The number of aromatic amines is 1. The molecule has 0 aliphatic rings. The van der Waals surface area contributed by atoms with E-state index < -0.39 is 0 Å². The Balaban J connectivity index is 2.23. The summed E-state index contributed by atoms with van der Waals surface area (Å²) >= 11 is 0. The highest BCUT2D eigenvalue weighted by molar-refractivity contribution is 5.21. The van der Waals surface area contributed by atoms with Gasteiger partial charge < -0.3 is 4.98 Å². The van der Waals surface area contributed by atoms with Crippen LogP contribution in [0.2, 0.25) is 0 Å². The summed E-state index contributed by atoms with van der Waals surface area (Å²) in [6.07, 6.45) is 3.36. The SMILES string of the molecule is CCC(C)c1cnc(Cc2ccccc2)c(=O)[nH]1. The zero-order valence-electron chi connectivity index (χ0n) is 10.8. The smallest absolute Gasteiger partial charge is 0.270 e. The summed E-state index contributed by atoms with van der Waals surface area (Å²) in [5.41, 5.74) is 2.52. The molecule has 94 valence electrons. The lowest BCUT2D eigenvalue weighted by atomic mass is 10.1. The molecule has 1 atom stereocenters. The van der Waals surface area contributed by atoms with Crippen LogP contribution in [0.3, 0.4) is 0 Å². The van der Waals surface area contributed by atoms with E-state index in [4.69, 9.17) is 0 Å². The van der Waals surface area contributed by atoms with E-state index in [0.29, 0.717) is 18.0 Å². The Labute approximate surface area is 107 Å². The predicted molar refractivity (Wildman–Crippen MR) is 72.8 cm³/mol. The Morgan fingerprint density at radius 1 is 1.28 bits per heavy atom. The van der Waals surface area contributed by atoms with Gasteiger partial charge in [-0.3, -0.25) is 9.78 Å². The minimum Gasteiger partial charge on any atom is -0.323 e. The highest BCUT2D eigenvalue weighted by atomic mass is 16.1. The molecule has 3 nitrogen and oxygen atoms in total. The van der Waals surface area contributed by atoms with Gasteiger partial charge in [-0.25, -0.2) is 0 Å². The fourth-order valence-corrected chi connectivity index (χ4v) is 1.83. The standard InChI is InChI=1S/C15H18N2O/c1-3-11(2)14-10-16-13(15(18)17-14)9-12-7-5-4-6-8-12/h4-8,10-11H,3,9H2,1-2H3,(H,17,18). The van der Waals surface area contributed by atoms with Crippen LogP contribution in [0, 0.1) is 0 Å². The van der Waals surface area contributed by atoms with Crippen LogP contribution < -0.4 is 5.56 Å². The molecule has 0 fully saturated rings. The van der Waals surface area contributed by atoms with E-state index in [1.807, 2.05) is 30.3 Å². The maximum absolute atomic E-state index is 11.9. The van der Waals surface area contributed by atoms with Gasteiger partial charge in [-0.05, 0) is 17.9 Å². The largest absolute Gasteiger partial charge is 0.323 e. The maximum Gasteiger partial charge on any atom is 0.270 e. The van der Waals surface area contributed by atoms with Crippen LogP contribution in [0.1, 0.15) is 43.1 Å². The average molecular weight is 242 g/mol. The molecule has 2 aromatic rings. The van der Waals surface area contributed by atoms with Crippen LogP contribution in [0.4, 0.5) is 0 Å². The van der Waals surface area contributed by atoms with Crippen molar-refractivity contribution in [3.8, 4) is 0 Å². The first-order valence-corrected chi connectivity index (χ1v) is 6.32. The van der Waals surface area contributed by atoms with E-state index in [1.54, 1.807) is 6.20 Å². The lowest BCUT2D eigenvalue weighted by Crippen LogP contribution is -2.18. The van der Waals surface area contributed by atoms with Crippen molar-refractivity contribution in [1.29, 1.82) is 0 Å². The van der Waals surface area contributed by atoms with Crippen molar-refractivity contribution in [1.82, 2.24) is 9.97 Å². The van der Waals surface area contributed by atoms with Crippen molar-refractivity contribution in [2.45, 2.75) is 32.6 Å². The van der Waals surface area contributed by atoms with Crippen LogP contribution >= 0.6 is 0 Å². The molecule has 1 N–H and O–H groups in total. The number of nitrogens with one attached hydrogen (secondary N) is 1. The second-order valence-corrected chi connectivity index (χ2v) is 4.59. The summed E-state index contributed by atoms with van der Waals surface area (Å²) < 4.78 is 0. The van der Waals surface area contributed by atoms with Crippen molar-refractivity contribution in [2.75, 3.05) is 0 Å². The quantitative estimate of drug-likeness (QED) is 0.896. The molecule has 0 aliphatic carbocycles. The highest BCUT2D eigenvalue weighted by Gasteiger charge is 2.08. The lowest BCUT2D eigenvalue weighted by Gasteiger charge is -2.08. The maximum atomic E-state index is 11.9. The number of hydrogen-bond donors (Lipinski definition) is 1. The minimum atomic E-state index is -0.0725. The van der Waals surface area contributed by atoms with Crippen molar-refractivity contribution < 1.29 is 0 Å². The van der Waals surface area contributed by atoms with Gasteiger partial charge in [0.1, 0.15) is 5.69 Å². The average Bonchev–Trinajstić information content (AvgIpc) is 2.41. The lowest BCUT2D eigenvalue weighted by molar-refractivity contribution is 0.695. The van der Waals surface area contributed by atoms with E-state index in [9.17, 15) is 4.79 Å². The van der Waals surface area contributed by atoms with Crippen LogP contribution in [0.25, 0.3) is 0 Å². The molecule has 0 saturated carbocycles. The Morgan fingerprint density at radius 3 is 2.61 bits per heavy atom. The molecule has 0 bridgehead atoms. The highest BCUT2D eigenvalue weighted by Crippen LogP contribution is 2.13. The van der Waals surface area contributed by atoms with Crippen LogP contribution in [-0.4, -0.2) is 9.97 Å². The molecule has 1 unspecified atom stereocenters. The first kappa shape index (κ1) is 12.6. The molecule has 1 aromatic heterocycles. The molecule has 18 heavy (non-hydrogen) atoms. The van der Waals surface area contributed by atoms with Gasteiger partial charge in [0.25, 0.3) is 5.56 Å². The molecule has 0 saturated heterocycles. The van der Waals surface area contributed by atoms with Crippen LogP contribution in [-0.2, 0) is 6.42 Å². The van der Waals surface area contributed by atoms with Gasteiger partial charge in [0.2, 0.25) is 0 Å². The Kier molecular flexibility index (Phi) is 3.92. The molecular weight excluding hydrogens is 224 g/mol. The van der Waals surface area contributed by atoms with Gasteiger partial charge in [0, 0.05) is 18.3 Å². The predicted octanol–water partition coefficient (Wildman–Crippen LogP) is 2.87. The molecule has 1 heterocycles. The van der Waals surface area contributed by atoms with Gasteiger partial charge in [-0.2, -0.15) is 0 Å². The monoisotopic (exact) mass is 242 g/mol. The summed E-state index contributed by atoms with van der Waals surface area (Å²) in [6, 6.07) is 9.91. The van der Waals surface area contributed by atoms with Crippen molar-refractivity contribution in [3.63, 3.8) is 0 Å². The first-order valence-electron chi connectivity index (χ1n) is 6.32.